The highest BCUT2D eigenvalue weighted by molar-refractivity contribution is 5.95. The van der Waals surface area contributed by atoms with Gasteiger partial charge in [-0.15, -0.1) is 0 Å². The molecule has 1 aromatic rings. The molecule has 2 N–H and O–H groups in total. The van der Waals surface area contributed by atoms with Gasteiger partial charge < -0.3 is 10.1 Å². The van der Waals surface area contributed by atoms with Crippen LogP contribution < -0.4 is 10.6 Å². The summed E-state index contributed by atoms with van der Waals surface area (Å²) in [4.78, 5) is 38.0. The van der Waals surface area contributed by atoms with Crippen LogP contribution in [0.3, 0.4) is 0 Å². The van der Waals surface area contributed by atoms with E-state index in [9.17, 15) is 14.4 Å². The fourth-order valence-corrected chi connectivity index (χ4v) is 2.90. The molecule has 1 aliphatic rings. The van der Waals surface area contributed by atoms with E-state index in [1.807, 2.05) is 45.0 Å². The highest BCUT2D eigenvalue weighted by atomic mass is 16.5. The summed E-state index contributed by atoms with van der Waals surface area (Å²) in [5, 5.41) is 4.97. The molecule has 0 unspecified atom stereocenters. The number of nitrogens with one attached hydrogen (secondary N) is 2. The van der Waals surface area contributed by atoms with Crippen LogP contribution in [0, 0.1) is 0 Å². The van der Waals surface area contributed by atoms with Crippen molar-refractivity contribution in [1.29, 1.82) is 0 Å². The topological polar surface area (TPSA) is 87.7 Å². The van der Waals surface area contributed by atoms with Gasteiger partial charge in [0, 0.05) is 12.1 Å². The van der Waals surface area contributed by atoms with Crippen molar-refractivity contribution in [2.24, 2.45) is 0 Å². The Morgan fingerprint density at radius 1 is 1.24 bits per heavy atom. The summed E-state index contributed by atoms with van der Waals surface area (Å²) in [5.74, 6) is -0.880. The first-order valence-corrected chi connectivity index (χ1v) is 8.23. The van der Waals surface area contributed by atoms with Crippen molar-refractivity contribution in [2.75, 3.05) is 20.2 Å². The third kappa shape index (κ3) is 5.03. The van der Waals surface area contributed by atoms with Crippen LogP contribution in [-0.4, -0.2) is 48.5 Å². The zero-order valence-electron chi connectivity index (χ0n) is 15.1. The van der Waals surface area contributed by atoms with E-state index in [0.29, 0.717) is 6.54 Å². The number of urea groups is 1. The fraction of sp³-hybridized carbons (Fsp3) is 0.500. The maximum absolute atomic E-state index is 12.3. The van der Waals surface area contributed by atoms with Crippen LogP contribution in [0.5, 0.6) is 0 Å². The van der Waals surface area contributed by atoms with Crippen LogP contribution in [0.2, 0.25) is 0 Å². The lowest BCUT2D eigenvalue weighted by Gasteiger charge is -2.34. The number of esters is 1. The van der Waals surface area contributed by atoms with Gasteiger partial charge in [-0.25, -0.2) is 9.59 Å². The quantitative estimate of drug-likeness (QED) is 0.807. The number of nitrogens with zero attached hydrogens (tertiary/aromatic N) is 1. The maximum Gasteiger partial charge on any atom is 0.327 e. The van der Waals surface area contributed by atoms with E-state index in [-0.39, 0.29) is 6.54 Å². The number of carbonyl (C=O) groups is 3. The van der Waals surface area contributed by atoms with Crippen molar-refractivity contribution in [3.63, 3.8) is 0 Å². The molecule has 2 rings (SSSR count). The number of hydrogen-bond donors (Lipinski definition) is 2. The van der Waals surface area contributed by atoms with E-state index in [2.05, 4.69) is 10.6 Å². The van der Waals surface area contributed by atoms with Gasteiger partial charge in [0.05, 0.1) is 13.7 Å². The monoisotopic (exact) mass is 347 g/mol. The van der Waals surface area contributed by atoms with E-state index in [1.165, 1.54) is 7.11 Å². The molecule has 1 atom stereocenters. The van der Waals surface area contributed by atoms with Gasteiger partial charge >= 0.3 is 12.0 Å². The van der Waals surface area contributed by atoms with Crippen molar-refractivity contribution in [2.45, 2.75) is 38.8 Å². The minimum atomic E-state index is -0.647. The molecule has 1 aromatic carbocycles. The van der Waals surface area contributed by atoms with Gasteiger partial charge in [-0.3, -0.25) is 15.0 Å². The molecule has 0 saturated heterocycles. The molecular weight excluding hydrogens is 322 g/mol. The zero-order chi connectivity index (χ0) is 18.6. The van der Waals surface area contributed by atoms with Crippen molar-refractivity contribution in [3.05, 3.63) is 35.4 Å². The van der Waals surface area contributed by atoms with Crippen LogP contribution in [0.25, 0.3) is 0 Å². The highest BCUT2D eigenvalue weighted by Gasteiger charge is 2.34. The number of imide groups is 1. The van der Waals surface area contributed by atoms with Gasteiger partial charge in [0.15, 0.2) is 0 Å². The second-order valence-corrected chi connectivity index (χ2v) is 7.10. The molecule has 7 heteroatoms. The summed E-state index contributed by atoms with van der Waals surface area (Å²) in [5.41, 5.74) is 1.47. The predicted molar refractivity (Wildman–Crippen MR) is 92.9 cm³/mol. The van der Waals surface area contributed by atoms with Crippen molar-refractivity contribution in [1.82, 2.24) is 15.5 Å². The summed E-state index contributed by atoms with van der Waals surface area (Å²) < 4.78 is 4.91. The van der Waals surface area contributed by atoms with E-state index in [1.54, 1.807) is 4.90 Å². The van der Waals surface area contributed by atoms with E-state index < -0.39 is 29.5 Å². The van der Waals surface area contributed by atoms with E-state index in [0.717, 1.165) is 17.5 Å². The van der Waals surface area contributed by atoms with Gasteiger partial charge in [0.2, 0.25) is 5.91 Å². The first-order valence-electron chi connectivity index (χ1n) is 8.23. The Bertz CT molecular complexity index is 667. The lowest BCUT2D eigenvalue weighted by molar-refractivity contribution is -0.148. The van der Waals surface area contributed by atoms with Crippen LogP contribution in [0.1, 0.15) is 37.9 Å². The number of rotatable bonds is 3. The van der Waals surface area contributed by atoms with Gasteiger partial charge in [-0.1, -0.05) is 24.3 Å². The Labute approximate surface area is 147 Å². The van der Waals surface area contributed by atoms with Crippen molar-refractivity contribution < 1.29 is 19.1 Å². The minimum absolute atomic E-state index is 0.0638. The van der Waals surface area contributed by atoms with Crippen molar-refractivity contribution >= 4 is 17.9 Å². The summed E-state index contributed by atoms with van der Waals surface area (Å²) in [6.07, 6.45) is 0.727. The van der Waals surface area contributed by atoms with Crippen LogP contribution in [-0.2, 0) is 20.7 Å². The third-order valence-corrected chi connectivity index (χ3v) is 3.90. The smallest absolute Gasteiger partial charge is 0.327 e. The average molecular weight is 347 g/mol. The minimum Gasteiger partial charge on any atom is -0.468 e. The highest BCUT2D eigenvalue weighted by Crippen LogP contribution is 2.30. The molecule has 0 spiro atoms. The molecule has 3 amide bonds. The lowest BCUT2D eigenvalue weighted by atomic mass is 9.92. The second-order valence-electron chi connectivity index (χ2n) is 7.10. The number of hydrogen-bond acceptors (Lipinski definition) is 5. The molecule has 0 radical (unpaired) electrons. The molecule has 0 aromatic heterocycles. The zero-order valence-corrected chi connectivity index (χ0v) is 15.1. The number of benzene rings is 1. The fourth-order valence-electron chi connectivity index (χ4n) is 2.90. The third-order valence-electron chi connectivity index (χ3n) is 3.90. The molecule has 136 valence electrons. The molecule has 25 heavy (non-hydrogen) atoms. The normalized spacial score (nSPS) is 17.4. The Hall–Kier alpha value is -2.41. The Morgan fingerprint density at radius 3 is 2.56 bits per heavy atom. The van der Waals surface area contributed by atoms with Crippen molar-refractivity contribution in [3.8, 4) is 0 Å². The van der Waals surface area contributed by atoms with Crippen LogP contribution in [0.15, 0.2) is 24.3 Å². The molecule has 1 aliphatic heterocycles. The van der Waals surface area contributed by atoms with E-state index in [4.69, 9.17) is 4.74 Å². The average Bonchev–Trinajstić information content (AvgIpc) is 2.51. The number of ether oxygens (including phenoxy) is 1. The molecular formula is C18H25N3O4. The largest absolute Gasteiger partial charge is 0.468 e. The van der Waals surface area contributed by atoms with Gasteiger partial charge in [-0.05, 0) is 38.3 Å². The molecule has 1 heterocycles. The van der Waals surface area contributed by atoms with Gasteiger partial charge in [0.25, 0.3) is 0 Å². The molecule has 0 aliphatic carbocycles. The standard InChI is InChI=1S/C18H25N3O4/c1-18(2,3)20-17(24)19-14(22)11-21-10-9-12-7-5-6-8-13(12)15(21)16(23)25-4/h5-8,15H,9-11H2,1-4H3,(H2,19,20,22,24)/t15-/m1/s1. The first-order chi connectivity index (χ1) is 11.7. The first kappa shape index (κ1) is 18.9. The Balaban J connectivity index is 2.09. The van der Waals surface area contributed by atoms with Crippen LogP contribution in [0.4, 0.5) is 4.79 Å². The van der Waals surface area contributed by atoms with E-state index >= 15 is 0 Å². The Morgan fingerprint density at radius 2 is 1.92 bits per heavy atom. The van der Waals surface area contributed by atoms with Crippen LogP contribution >= 0.6 is 0 Å². The molecule has 7 nitrogen and oxygen atoms in total. The molecule has 0 bridgehead atoms. The number of carbonyl (C=O) groups excluding carboxylic acids is 3. The SMILES string of the molecule is COC(=O)[C@H]1c2ccccc2CCN1CC(=O)NC(=O)NC(C)(C)C. The van der Waals surface area contributed by atoms with Gasteiger partial charge in [-0.2, -0.15) is 0 Å². The second kappa shape index (κ2) is 7.65. The lowest BCUT2D eigenvalue weighted by Crippen LogP contribution is -2.51. The molecule has 0 saturated carbocycles. The van der Waals surface area contributed by atoms with Gasteiger partial charge in [0.1, 0.15) is 6.04 Å². The summed E-state index contributed by atoms with van der Waals surface area (Å²) in [7, 11) is 1.33. The maximum atomic E-state index is 12.3. The number of methoxy groups -OCH3 is 1. The summed E-state index contributed by atoms with van der Waals surface area (Å²) >= 11 is 0. The molecule has 0 fully saturated rings. The summed E-state index contributed by atoms with van der Waals surface area (Å²) in [6, 6.07) is 6.42. The number of amides is 3. The number of fused-ring (bicyclic) bond motifs is 1. The Kier molecular flexibility index (Phi) is 5.79. The summed E-state index contributed by atoms with van der Waals surface area (Å²) in [6.45, 7) is 5.94. The predicted octanol–water partition coefficient (Wildman–Crippen LogP) is 1.38.